The van der Waals surface area contributed by atoms with Crippen LogP contribution in [0.1, 0.15) is 36.6 Å². The minimum absolute atomic E-state index is 0.0565. The average Bonchev–Trinajstić information content (AvgIpc) is 3.01. The molecule has 0 bridgehead atoms. The molecule has 2 aromatic carbocycles. The first-order valence-electron chi connectivity index (χ1n) is 9.05. The van der Waals surface area contributed by atoms with E-state index in [-0.39, 0.29) is 6.61 Å². The van der Waals surface area contributed by atoms with Crippen molar-refractivity contribution in [2.45, 2.75) is 31.0 Å². The van der Waals surface area contributed by atoms with Gasteiger partial charge >= 0.3 is 5.97 Å². The summed E-state index contributed by atoms with van der Waals surface area (Å²) in [5, 5.41) is 16.2. The maximum Gasteiger partial charge on any atom is 0.336 e. The van der Waals surface area contributed by atoms with Crippen LogP contribution in [-0.4, -0.2) is 35.0 Å². The molecule has 1 aliphatic rings. The summed E-state index contributed by atoms with van der Waals surface area (Å²) >= 11 is 0. The number of benzene rings is 2. The van der Waals surface area contributed by atoms with Gasteiger partial charge in [0.1, 0.15) is 0 Å². The highest BCUT2D eigenvalue weighted by molar-refractivity contribution is 6.19. The minimum Gasteiger partial charge on any atom is -0.464 e. The molecule has 0 unspecified atom stereocenters. The summed E-state index contributed by atoms with van der Waals surface area (Å²) < 4.78 is 5.07. The fourth-order valence-electron chi connectivity index (χ4n) is 3.31. The number of carbonyl (C=O) groups excluding carboxylic acids is 3. The Balaban J connectivity index is 2.03. The second kappa shape index (κ2) is 8.33. The summed E-state index contributed by atoms with van der Waals surface area (Å²) in [6.45, 7) is 1.68. The van der Waals surface area contributed by atoms with Crippen LogP contribution in [0.15, 0.2) is 60.7 Å². The van der Waals surface area contributed by atoms with Crippen molar-refractivity contribution in [2.75, 3.05) is 6.61 Å². The summed E-state index contributed by atoms with van der Waals surface area (Å²) in [5.41, 5.74) is -0.633. The highest BCUT2D eigenvalue weighted by Gasteiger charge is 2.55. The molecule has 1 saturated heterocycles. The Labute approximate surface area is 162 Å². The Kier molecular flexibility index (Phi) is 5.87. The number of imide groups is 1. The van der Waals surface area contributed by atoms with E-state index in [1.54, 1.807) is 55.5 Å². The quantitative estimate of drug-likeness (QED) is 0.380. The molecule has 1 heterocycles. The van der Waals surface area contributed by atoms with Crippen molar-refractivity contribution >= 4 is 17.8 Å². The number of aliphatic hydroxyl groups is 1. The Bertz CT molecular complexity index is 856. The highest BCUT2D eigenvalue weighted by atomic mass is 16.5. The first-order chi connectivity index (χ1) is 13.5. The summed E-state index contributed by atoms with van der Waals surface area (Å²) in [4.78, 5) is 37.1. The molecule has 0 saturated carbocycles. The zero-order chi connectivity index (χ0) is 20.1. The zero-order valence-electron chi connectivity index (χ0n) is 15.4. The molecule has 2 amide bonds. The number of nitrogens with one attached hydrogen (secondary N) is 2. The van der Waals surface area contributed by atoms with E-state index in [9.17, 15) is 19.5 Å². The third-order valence-corrected chi connectivity index (χ3v) is 4.71. The molecule has 0 spiro atoms. The van der Waals surface area contributed by atoms with Crippen molar-refractivity contribution in [3.8, 4) is 0 Å². The Morgan fingerprint density at radius 1 is 1.11 bits per heavy atom. The predicted molar refractivity (Wildman–Crippen MR) is 101 cm³/mol. The number of hydrogen-bond donors (Lipinski definition) is 3. The topological polar surface area (TPSA) is 105 Å². The van der Waals surface area contributed by atoms with Crippen molar-refractivity contribution in [1.82, 2.24) is 10.6 Å². The van der Waals surface area contributed by atoms with Crippen LogP contribution in [0.3, 0.4) is 0 Å². The van der Waals surface area contributed by atoms with E-state index in [2.05, 4.69) is 10.6 Å². The van der Waals surface area contributed by atoms with Crippen LogP contribution >= 0.6 is 0 Å². The maximum absolute atomic E-state index is 12.7. The summed E-state index contributed by atoms with van der Waals surface area (Å²) in [7, 11) is 0. The monoisotopic (exact) mass is 382 g/mol. The second-order valence-corrected chi connectivity index (χ2v) is 6.57. The third-order valence-electron chi connectivity index (χ3n) is 4.71. The van der Waals surface area contributed by atoms with Crippen LogP contribution in [-0.2, 0) is 19.1 Å². The highest BCUT2D eigenvalue weighted by Crippen LogP contribution is 2.33. The number of rotatable bonds is 7. The molecule has 3 N–H and O–H groups in total. The van der Waals surface area contributed by atoms with Gasteiger partial charge in [0.2, 0.25) is 11.4 Å². The smallest absolute Gasteiger partial charge is 0.336 e. The van der Waals surface area contributed by atoms with Crippen LogP contribution in [0, 0.1) is 0 Å². The molecule has 3 rings (SSSR count). The van der Waals surface area contributed by atoms with Gasteiger partial charge in [-0.2, -0.15) is 0 Å². The standard InChI is InChI=1S/C21H22N2O5/c1-2-28-20(27)21(13-16(24)22-19(21)26)23-17(14-9-5-3-6-10-14)18(25)15-11-7-4-8-12-15/h3-12,17-18,23,25H,2,13H2,1H3,(H,22,24,26)/t17-,18+,21+/m1/s1. The van der Waals surface area contributed by atoms with Gasteiger partial charge in [-0.05, 0) is 18.1 Å². The molecular formula is C21H22N2O5. The number of amides is 2. The third kappa shape index (κ3) is 3.81. The van der Waals surface area contributed by atoms with Gasteiger partial charge < -0.3 is 9.84 Å². The predicted octanol–water partition coefficient (Wildman–Crippen LogP) is 1.40. The first-order valence-corrected chi connectivity index (χ1v) is 9.05. The van der Waals surface area contributed by atoms with E-state index >= 15 is 0 Å². The second-order valence-electron chi connectivity index (χ2n) is 6.57. The van der Waals surface area contributed by atoms with Crippen molar-refractivity contribution in [1.29, 1.82) is 0 Å². The molecule has 0 aromatic heterocycles. The zero-order valence-corrected chi connectivity index (χ0v) is 15.4. The van der Waals surface area contributed by atoms with Crippen molar-refractivity contribution in [3.63, 3.8) is 0 Å². The molecule has 3 atom stereocenters. The molecule has 1 aliphatic heterocycles. The molecule has 0 radical (unpaired) electrons. The van der Waals surface area contributed by atoms with E-state index in [1.807, 2.05) is 12.1 Å². The maximum atomic E-state index is 12.7. The van der Waals surface area contributed by atoms with Crippen LogP contribution in [0.4, 0.5) is 0 Å². The van der Waals surface area contributed by atoms with Crippen LogP contribution in [0.2, 0.25) is 0 Å². The van der Waals surface area contributed by atoms with Gasteiger partial charge in [0.25, 0.3) is 5.91 Å². The SMILES string of the molecule is CCOC(=O)[C@]1(N[C@H](c2ccccc2)[C@@H](O)c2ccccc2)CC(=O)NC1=O. The number of aliphatic hydroxyl groups excluding tert-OH is 1. The Hall–Kier alpha value is -3.03. The number of carbonyl (C=O) groups is 3. The Morgan fingerprint density at radius 3 is 2.18 bits per heavy atom. The molecule has 7 heteroatoms. The average molecular weight is 382 g/mol. The lowest BCUT2D eigenvalue weighted by Crippen LogP contribution is -2.59. The number of ether oxygens (including phenoxy) is 1. The van der Waals surface area contributed by atoms with Crippen LogP contribution in [0.5, 0.6) is 0 Å². The van der Waals surface area contributed by atoms with Gasteiger partial charge in [-0.1, -0.05) is 60.7 Å². The van der Waals surface area contributed by atoms with Gasteiger partial charge in [-0.25, -0.2) is 4.79 Å². The number of hydrogen-bond acceptors (Lipinski definition) is 6. The van der Waals surface area contributed by atoms with Gasteiger partial charge in [0.05, 0.1) is 25.2 Å². The summed E-state index contributed by atoms with van der Waals surface area (Å²) in [6, 6.07) is 17.0. The summed E-state index contributed by atoms with van der Waals surface area (Å²) in [5.74, 6) is -2.21. The van der Waals surface area contributed by atoms with Crippen molar-refractivity contribution in [2.24, 2.45) is 0 Å². The lowest BCUT2D eigenvalue weighted by Gasteiger charge is -2.33. The van der Waals surface area contributed by atoms with Crippen LogP contribution in [0.25, 0.3) is 0 Å². The normalized spacial score (nSPS) is 21.1. The van der Waals surface area contributed by atoms with E-state index in [1.165, 1.54) is 0 Å². The van der Waals surface area contributed by atoms with Crippen LogP contribution < -0.4 is 10.6 Å². The van der Waals surface area contributed by atoms with Gasteiger partial charge in [0.15, 0.2) is 0 Å². The lowest BCUT2D eigenvalue weighted by molar-refractivity contribution is -0.155. The fourth-order valence-corrected chi connectivity index (χ4v) is 3.31. The molecule has 0 aliphatic carbocycles. The fraction of sp³-hybridized carbons (Fsp3) is 0.286. The molecule has 1 fully saturated rings. The molecule has 28 heavy (non-hydrogen) atoms. The molecule has 7 nitrogen and oxygen atoms in total. The lowest BCUT2D eigenvalue weighted by atomic mass is 9.90. The Morgan fingerprint density at radius 2 is 1.68 bits per heavy atom. The minimum atomic E-state index is -1.90. The summed E-state index contributed by atoms with van der Waals surface area (Å²) in [6.07, 6.45) is -1.46. The largest absolute Gasteiger partial charge is 0.464 e. The van der Waals surface area contributed by atoms with E-state index in [0.29, 0.717) is 11.1 Å². The van der Waals surface area contributed by atoms with Crippen molar-refractivity contribution in [3.05, 3.63) is 71.8 Å². The van der Waals surface area contributed by atoms with Gasteiger partial charge in [-0.15, -0.1) is 0 Å². The van der Waals surface area contributed by atoms with Gasteiger partial charge in [-0.3, -0.25) is 20.2 Å². The van der Waals surface area contributed by atoms with E-state index < -0.39 is 41.9 Å². The first kappa shape index (κ1) is 19.7. The molecular weight excluding hydrogens is 360 g/mol. The number of esters is 1. The molecule has 2 aromatic rings. The molecule has 146 valence electrons. The van der Waals surface area contributed by atoms with Gasteiger partial charge in [0, 0.05) is 0 Å². The van der Waals surface area contributed by atoms with E-state index in [0.717, 1.165) is 0 Å². The van der Waals surface area contributed by atoms with E-state index in [4.69, 9.17) is 4.74 Å². The van der Waals surface area contributed by atoms with Crippen molar-refractivity contribution < 1.29 is 24.2 Å².